The molecule has 1 amide bonds. The molecule has 0 atom stereocenters. The van der Waals surface area contributed by atoms with Crippen molar-refractivity contribution < 1.29 is 9.21 Å². The Labute approximate surface area is 175 Å². The molecule has 0 saturated carbocycles. The zero-order valence-electron chi connectivity index (χ0n) is 13.9. The van der Waals surface area contributed by atoms with Gasteiger partial charge in [0.05, 0.1) is 31.9 Å². The highest BCUT2D eigenvalue weighted by atomic mass is 35.5. The Balaban J connectivity index is 1.72. The maximum Gasteiger partial charge on any atom is 0.272 e. The van der Waals surface area contributed by atoms with Crippen LogP contribution in [0.2, 0.25) is 20.1 Å². The van der Waals surface area contributed by atoms with Crippen LogP contribution in [-0.2, 0) is 0 Å². The summed E-state index contributed by atoms with van der Waals surface area (Å²) in [6.07, 6.45) is 1.37. The first kappa shape index (κ1) is 19.8. The quantitative estimate of drug-likeness (QED) is 0.280. The van der Waals surface area contributed by atoms with Crippen LogP contribution in [-0.4, -0.2) is 12.1 Å². The van der Waals surface area contributed by atoms with Gasteiger partial charge in [0.15, 0.2) is 0 Å². The van der Waals surface area contributed by atoms with Crippen molar-refractivity contribution in [2.24, 2.45) is 5.10 Å². The Morgan fingerprint density at radius 3 is 2.44 bits per heavy atom. The van der Waals surface area contributed by atoms with Crippen molar-refractivity contribution in [3.63, 3.8) is 0 Å². The zero-order valence-corrected chi connectivity index (χ0v) is 16.9. The van der Waals surface area contributed by atoms with E-state index in [0.717, 1.165) is 5.56 Å². The molecule has 4 nitrogen and oxygen atoms in total. The average molecular weight is 442 g/mol. The van der Waals surface area contributed by atoms with E-state index >= 15 is 0 Å². The second kappa shape index (κ2) is 8.36. The molecule has 3 rings (SSSR count). The summed E-state index contributed by atoms with van der Waals surface area (Å²) in [4.78, 5) is 12.1. The molecule has 1 aromatic heterocycles. The highest BCUT2D eigenvalue weighted by Crippen LogP contribution is 2.35. The topological polar surface area (TPSA) is 54.6 Å². The van der Waals surface area contributed by atoms with Gasteiger partial charge < -0.3 is 4.42 Å². The number of aryl methyl sites for hydroxylation is 1. The van der Waals surface area contributed by atoms with Gasteiger partial charge in [-0.05, 0) is 48.9 Å². The van der Waals surface area contributed by atoms with Gasteiger partial charge in [-0.1, -0.05) is 52.5 Å². The summed E-state index contributed by atoms with van der Waals surface area (Å²) in [6, 6.07) is 11.7. The van der Waals surface area contributed by atoms with Crippen LogP contribution in [0.1, 0.15) is 21.7 Å². The third-order valence-electron chi connectivity index (χ3n) is 3.63. The van der Waals surface area contributed by atoms with Crippen molar-refractivity contribution in [2.75, 3.05) is 0 Å². The summed E-state index contributed by atoms with van der Waals surface area (Å²) in [5.74, 6) is 0.492. The number of amides is 1. The Morgan fingerprint density at radius 1 is 0.963 bits per heavy atom. The van der Waals surface area contributed by atoms with Gasteiger partial charge in [0.1, 0.15) is 11.5 Å². The maximum absolute atomic E-state index is 12.1. The van der Waals surface area contributed by atoms with Gasteiger partial charge in [0.2, 0.25) is 0 Å². The van der Waals surface area contributed by atoms with Crippen molar-refractivity contribution in [3.8, 4) is 11.3 Å². The van der Waals surface area contributed by atoms with Crippen molar-refractivity contribution in [1.82, 2.24) is 5.43 Å². The summed E-state index contributed by atoms with van der Waals surface area (Å²) in [5.41, 5.74) is 4.30. The Bertz CT molecular complexity index is 1040. The molecule has 3 aromatic rings. The van der Waals surface area contributed by atoms with Gasteiger partial charge in [-0.15, -0.1) is 0 Å². The number of hydrogen-bond donors (Lipinski definition) is 1. The number of benzene rings is 2. The molecule has 8 heteroatoms. The molecule has 0 spiro atoms. The van der Waals surface area contributed by atoms with E-state index in [-0.39, 0.29) is 0 Å². The summed E-state index contributed by atoms with van der Waals surface area (Å²) in [6.45, 7) is 1.89. The second-order valence-corrected chi connectivity index (χ2v) is 7.26. The SMILES string of the molecule is Cc1ccc(C(=O)NN=Cc2ccc(-c3cc(Cl)c(Cl)cc3Cl)o2)c(Cl)c1. The summed E-state index contributed by atoms with van der Waals surface area (Å²) in [7, 11) is 0. The highest BCUT2D eigenvalue weighted by molar-refractivity contribution is 6.44. The molecule has 27 heavy (non-hydrogen) atoms. The van der Waals surface area contributed by atoms with Crippen molar-refractivity contribution in [2.45, 2.75) is 6.92 Å². The molecule has 1 heterocycles. The number of nitrogens with one attached hydrogen (secondary N) is 1. The van der Waals surface area contributed by atoms with Crippen molar-refractivity contribution in [1.29, 1.82) is 0 Å². The molecular formula is C19H12Cl4N2O2. The van der Waals surface area contributed by atoms with E-state index in [9.17, 15) is 4.79 Å². The van der Waals surface area contributed by atoms with E-state index in [2.05, 4.69) is 10.5 Å². The maximum atomic E-state index is 12.1. The number of hydrogen-bond acceptors (Lipinski definition) is 3. The van der Waals surface area contributed by atoms with Gasteiger partial charge in [-0.25, -0.2) is 5.43 Å². The van der Waals surface area contributed by atoms with Crippen LogP contribution < -0.4 is 5.43 Å². The first-order valence-electron chi connectivity index (χ1n) is 7.69. The van der Waals surface area contributed by atoms with Crippen LogP contribution in [0.3, 0.4) is 0 Å². The van der Waals surface area contributed by atoms with Crippen molar-refractivity contribution in [3.05, 3.63) is 79.4 Å². The van der Waals surface area contributed by atoms with Gasteiger partial charge in [-0.3, -0.25) is 4.79 Å². The fourth-order valence-corrected chi connectivity index (χ4v) is 3.26. The van der Waals surface area contributed by atoms with E-state index in [1.165, 1.54) is 6.21 Å². The fourth-order valence-electron chi connectivity index (χ4n) is 2.30. The minimum Gasteiger partial charge on any atom is -0.455 e. The molecule has 1 N–H and O–H groups in total. The number of carbonyl (C=O) groups excluding carboxylic acids is 1. The molecule has 0 aliphatic heterocycles. The van der Waals surface area contributed by atoms with Crippen LogP contribution in [0, 0.1) is 6.92 Å². The van der Waals surface area contributed by atoms with E-state index in [4.69, 9.17) is 50.8 Å². The fraction of sp³-hybridized carbons (Fsp3) is 0.0526. The number of carbonyl (C=O) groups is 1. The average Bonchev–Trinajstić information content (AvgIpc) is 3.06. The molecular weight excluding hydrogens is 430 g/mol. The molecule has 0 bridgehead atoms. The van der Waals surface area contributed by atoms with Crippen LogP contribution in [0.4, 0.5) is 0 Å². The number of halogens is 4. The Kier molecular flexibility index (Phi) is 6.12. The lowest BCUT2D eigenvalue weighted by Gasteiger charge is -2.03. The molecule has 0 aliphatic carbocycles. The molecule has 2 aromatic carbocycles. The molecule has 138 valence electrons. The third-order valence-corrected chi connectivity index (χ3v) is 4.98. The normalized spacial score (nSPS) is 11.1. The van der Waals surface area contributed by atoms with E-state index in [1.54, 1.807) is 42.5 Å². The molecule has 0 unspecified atom stereocenters. The second-order valence-electron chi connectivity index (χ2n) is 5.63. The summed E-state index contributed by atoms with van der Waals surface area (Å²) >= 11 is 24.2. The van der Waals surface area contributed by atoms with Crippen LogP contribution in [0.25, 0.3) is 11.3 Å². The first-order valence-corrected chi connectivity index (χ1v) is 9.20. The number of furan rings is 1. The van der Waals surface area contributed by atoms with Gasteiger partial charge in [0, 0.05) is 5.56 Å². The van der Waals surface area contributed by atoms with Gasteiger partial charge in [-0.2, -0.15) is 5.10 Å². The lowest BCUT2D eigenvalue weighted by Crippen LogP contribution is -2.18. The summed E-state index contributed by atoms with van der Waals surface area (Å²) < 4.78 is 5.66. The molecule has 0 aliphatic rings. The van der Waals surface area contributed by atoms with Crippen LogP contribution in [0.5, 0.6) is 0 Å². The Morgan fingerprint density at radius 2 is 1.70 bits per heavy atom. The van der Waals surface area contributed by atoms with Crippen molar-refractivity contribution >= 4 is 58.5 Å². The number of nitrogens with zero attached hydrogens (tertiary/aromatic N) is 1. The Hall–Kier alpha value is -1.98. The predicted octanol–water partition coefficient (Wildman–Crippen LogP) is 6.63. The van der Waals surface area contributed by atoms with E-state index < -0.39 is 5.91 Å². The third kappa shape index (κ3) is 4.66. The standard InChI is InChI=1S/C19H12Cl4N2O2/c1-10-2-4-12(14(20)6-10)19(26)25-24-9-11-3-5-18(27-11)13-7-16(22)17(23)8-15(13)21/h2-9H,1H3,(H,25,26). The zero-order chi connectivity index (χ0) is 19.6. The van der Waals surface area contributed by atoms with Crippen LogP contribution >= 0.6 is 46.4 Å². The van der Waals surface area contributed by atoms with Gasteiger partial charge >= 0.3 is 0 Å². The summed E-state index contributed by atoms with van der Waals surface area (Å²) in [5, 5.41) is 5.37. The van der Waals surface area contributed by atoms with E-state index in [0.29, 0.717) is 42.7 Å². The largest absolute Gasteiger partial charge is 0.455 e. The van der Waals surface area contributed by atoms with Gasteiger partial charge in [0.25, 0.3) is 5.91 Å². The predicted molar refractivity (Wildman–Crippen MR) is 110 cm³/mol. The number of rotatable bonds is 4. The minimum atomic E-state index is -0.421. The lowest BCUT2D eigenvalue weighted by molar-refractivity contribution is 0.0955. The first-order chi connectivity index (χ1) is 12.8. The number of hydrazone groups is 1. The molecule has 0 fully saturated rings. The molecule has 0 radical (unpaired) electrons. The van der Waals surface area contributed by atoms with E-state index in [1.807, 2.05) is 6.92 Å². The highest BCUT2D eigenvalue weighted by Gasteiger charge is 2.12. The monoisotopic (exact) mass is 440 g/mol. The smallest absolute Gasteiger partial charge is 0.272 e. The minimum absolute atomic E-state index is 0.335. The lowest BCUT2D eigenvalue weighted by atomic mass is 10.1. The molecule has 0 saturated heterocycles. The van der Waals surface area contributed by atoms with Crippen LogP contribution in [0.15, 0.2) is 52.0 Å².